The average Bonchev–Trinajstić information content (AvgIpc) is 3.13. The Morgan fingerprint density at radius 3 is 2.51 bits per heavy atom. The summed E-state index contributed by atoms with van der Waals surface area (Å²) >= 11 is 2.06. The number of halogens is 2. The van der Waals surface area contributed by atoms with Crippen molar-refractivity contribution in [2.24, 2.45) is 0 Å². The molecular formula is C27H23FIN3O5. The molecule has 1 fully saturated rings. The normalized spacial score (nSPS) is 14.0. The number of ether oxygens (including phenoxy) is 2. The minimum Gasteiger partial charge on any atom is -0.490 e. The molecule has 0 radical (unpaired) electrons. The first-order valence-electron chi connectivity index (χ1n) is 11.4. The summed E-state index contributed by atoms with van der Waals surface area (Å²) in [5.41, 5.74) is 1.98. The van der Waals surface area contributed by atoms with Gasteiger partial charge in [-0.2, -0.15) is 0 Å². The van der Waals surface area contributed by atoms with Crippen molar-refractivity contribution in [3.8, 4) is 11.5 Å². The van der Waals surface area contributed by atoms with E-state index in [1.165, 1.54) is 24.3 Å². The molecule has 10 heteroatoms. The van der Waals surface area contributed by atoms with Gasteiger partial charge >= 0.3 is 6.03 Å². The molecule has 0 bridgehead atoms. The fraction of sp³-hybridized carbons (Fsp3) is 0.148. The van der Waals surface area contributed by atoms with Crippen LogP contribution in [0.15, 0.2) is 72.4 Å². The predicted octanol–water partition coefficient (Wildman–Crippen LogP) is 4.94. The zero-order valence-electron chi connectivity index (χ0n) is 19.8. The zero-order valence-corrected chi connectivity index (χ0v) is 22.0. The van der Waals surface area contributed by atoms with Crippen molar-refractivity contribution in [2.45, 2.75) is 13.5 Å². The van der Waals surface area contributed by atoms with Gasteiger partial charge in [0.05, 0.1) is 16.7 Å². The number of amides is 4. The molecule has 0 aliphatic carbocycles. The van der Waals surface area contributed by atoms with Crippen LogP contribution in [0, 0.1) is 9.39 Å². The van der Waals surface area contributed by atoms with Crippen LogP contribution in [-0.4, -0.2) is 36.0 Å². The van der Waals surface area contributed by atoms with Crippen molar-refractivity contribution >= 4 is 52.2 Å². The monoisotopic (exact) mass is 615 g/mol. The molecular weight excluding hydrogens is 592 g/mol. The van der Waals surface area contributed by atoms with Crippen molar-refractivity contribution < 1.29 is 28.2 Å². The van der Waals surface area contributed by atoms with Gasteiger partial charge in [0, 0.05) is 5.69 Å². The Kier molecular flexibility index (Phi) is 8.39. The lowest BCUT2D eigenvalue weighted by molar-refractivity contribution is -0.123. The molecule has 1 aliphatic rings. The maximum Gasteiger partial charge on any atom is 0.329 e. The molecule has 1 aliphatic heterocycles. The van der Waals surface area contributed by atoms with E-state index in [4.69, 9.17) is 9.47 Å². The maximum atomic E-state index is 13.2. The highest BCUT2D eigenvalue weighted by molar-refractivity contribution is 14.1. The lowest BCUT2D eigenvalue weighted by Gasteiger charge is -2.15. The summed E-state index contributed by atoms with van der Waals surface area (Å²) in [5.74, 6) is -0.428. The van der Waals surface area contributed by atoms with Crippen LogP contribution in [0.3, 0.4) is 0 Å². The molecule has 190 valence electrons. The smallest absolute Gasteiger partial charge is 0.329 e. The Labute approximate surface area is 226 Å². The molecule has 37 heavy (non-hydrogen) atoms. The van der Waals surface area contributed by atoms with Crippen LogP contribution >= 0.6 is 22.6 Å². The van der Waals surface area contributed by atoms with Crippen LogP contribution in [0.4, 0.5) is 14.9 Å². The number of imide groups is 1. The van der Waals surface area contributed by atoms with Gasteiger partial charge in [0.1, 0.15) is 11.5 Å². The molecule has 0 atom stereocenters. The van der Waals surface area contributed by atoms with Gasteiger partial charge in [-0.15, -0.1) is 0 Å². The van der Waals surface area contributed by atoms with Gasteiger partial charge in [-0.05, 0) is 83.1 Å². The molecule has 8 nitrogen and oxygen atoms in total. The van der Waals surface area contributed by atoms with Crippen molar-refractivity contribution in [1.29, 1.82) is 0 Å². The third-order valence-corrected chi connectivity index (χ3v) is 6.07. The Balaban J connectivity index is 1.49. The summed E-state index contributed by atoms with van der Waals surface area (Å²) < 4.78 is 25.3. The number of para-hydroxylation sites is 1. The van der Waals surface area contributed by atoms with E-state index in [9.17, 15) is 18.8 Å². The summed E-state index contributed by atoms with van der Waals surface area (Å²) in [6, 6.07) is 17.5. The van der Waals surface area contributed by atoms with Gasteiger partial charge in [-0.3, -0.25) is 14.5 Å². The number of rotatable bonds is 9. The number of hydrogen-bond acceptors (Lipinski definition) is 5. The molecule has 4 amide bonds. The van der Waals surface area contributed by atoms with Gasteiger partial charge in [-0.25, -0.2) is 9.18 Å². The minimum absolute atomic E-state index is 0.0157. The lowest BCUT2D eigenvalue weighted by atomic mass is 10.1. The Morgan fingerprint density at radius 2 is 1.81 bits per heavy atom. The van der Waals surface area contributed by atoms with Gasteiger partial charge in [0.25, 0.3) is 11.8 Å². The second-order valence-electron chi connectivity index (χ2n) is 7.97. The highest BCUT2D eigenvalue weighted by Crippen LogP contribution is 2.35. The molecule has 1 saturated heterocycles. The number of nitrogens with one attached hydrogen (secondary N) is 2. The first-order valence-corrected chi connectivity index (χ1v) is 12.4. The number of urea groups is 1. The molecule has 2 N–H and O–H groups in total. The largest absolute Gasteiger partial charge is 0.490 e. The Bertz CT molecular complexity index is 1350. The first kappa shape index (κ1) is 26.1. The van der Waals surface area contributed by atoms with E-state index < -0.39 is 17.8 Å². The third-order valence-electron chi connectivity index (χ3n) is 5.26. The summed E-state index contributed by atoms with van der Waals surface area (Å²) in [7, 11) is 0. The Morgan fingerprint density at radius 1 is 1.08 bits per heavy atom. The van der Waals surface area contributed by atoms with Gasteiger partial charge in [0.15, 0.2) is 18.1 Å². The van der Waals surface area contributed by atoms with Crippen LogP contribution in [0.25, 0.3) is 6.08 Å². The van der Waals surface area contributed by atoms with Crippen molar-refractivity contribution in [3.05, 3.63) is 92.9 Å². The lowest BCUT2D eigenvalue weighted by Crippen LogP contribution is -2.30. The highest BCUT2D eigenvalue weighted by atomic mass is 127. The summed E-state index contributed by atoms with van der Waals surface area (Å²) in [5, 5.41) is 5.34. The fourth-order valence-corrected chi connectivity index (χ4v) is 4.37. The molecule has 0 unspecified atom stereocenters. The number of hydrogen-bond donors (Lipinski definition) is 2. The summed E-state index contributed by atoms with van der Waals surface area (Å²) in [6.07, 6.45) is 1.54. The van der Waals surface area contributed by atoms with E-state index in [0.717, 1.165) is 4.90 Å². The SMILES string of the molecule is CCOc1cc(/C=C2/NC(=O)N(Cc3ccc(F)cc3)C2=O)cc(I)c1OCC(=O)Nc1ccccc1. The molecule has 3 aromatic carbocycles. The highest BCUT2D eigenvalue weighted by Gasteiger charge is 2.33. The molecule has 0 saturated carbocycles. The summed E-state index contributed by atoms with van der Waals surface area (Å²) in [4.78, 5) is 38.7. The summed E-state index contributed by atoms with van der Waals surface area (Å²) in [6.45, 7) is 1.96. The van der Waals surface area contributed by atoms with Gasteiger partial charge < -0.3 is 20.1 Å². The van der Waals surface area contributed by atoms with E-state index in [2.05, 4.69) is 33.2 Å². The van der Waals surface area contributed by atoms with Gasteiger partial charge in [0.2, 0.25) is 0 Å². The van der Waals surface area contributed by atoms with Crippen LogP contribution in [0.5, 0.6) is 11.5 Å². The van der Waals surface area contributed by atoms with E-state index in [1.54, 1.807) is 30.3 Å². The molecule has 3 aromatic rings. The van der Waals surface area contributed by atoms with Crippen LogP contribution in [0.2, 0.25) is 0 Å². The topological polar surface area (TPSA) is 97.0 Å². The molecule has 1 heterocycles. The zero-order chi connectivity index (χ0) is 26.4. The second kappa shape index (κ2) is 11.9. The second-order valence-corrected chi connectivity index (χ2v) is 9.13. The molecule has 0 aromatic heterocycles. The van der Waals surface area contributed by atoms with E-state index in [-0.39, 0.29) is 24.8 Å². The number of carbonyl (C=O) groups is 3. The standard InChI is InChI=1S/C27H23FIN3O5/c1-2-36-23-14-18(12-21(29)25(23)37-16-24(33)30-20-6-4-3-5-7-20)13-22-26(34)32(27(35)31-22)15-17-8-10-19(28)11-9-17/h3-14H,2,15-16H2,1H3,(H,30,33)(H,31,35)/b22-13+. The minimum atomic E-state index is -0.565. The Hall–Kier alpha value is -3.93. The van der Waals surface area contributed by atoms with Crippen molar-refractivity contribution in [2.75, 3.05) is 18.5 Å². The van der Waals surface area contributed by atoms with Crippen LogP contribution in [0.1, 0.15) is 18.1 Å². The van der Waals surface area contributed by atoms with E-state index in [1.807, 2.05) is 25.1 Å². The molecule has 4 rings (SSSR count). The maximum absolute atomic E-state index is 13.2. The number of nitrogens with zero attached hydrogens (tertiary/aromatic N) is 1. The van der Waals surface area contributed by atoms with Crippen molar-refractivity contribution in [3.63, 3.8) is 0 Å². The van der Waals surface area contributed by atoms with E-state index >= 15 is 0 Å². The average molecular weight is 615 g/mol. The van der Waals surface area contributed by atoms with Crippen LogP contribution in [-0.2, 0) is 16.1 Å². The molecule has 0 spiro atoms. The van der Waals surface area contributed by atoms with Gasteiger partial charge in [-0.1, -0.05) is 30.3 Å². The first-order chi connectivity index (χ1) is 17.8. The number of anilines is 1. The quantitative estimate of drug-likeness (QED) is 0.202. The number of carbonyl (C=O) groups excluding carboxylic acids is 3. The third kappa shape index (κ3) is 6.64. The number of benzene rings is 3. The predicted molar refractivity (Wildman–Crippen MR) is 144 cm³/mol. The van der Waals surface area contributed by atoms with E-state index in [0.29, 0.717) is 38.5 Å². The van der Waals surface area contributed by atoms with Crippen molar-refractivity contribution in [1.82, 2.24) is 10.2 Å². The van der Waals surface area contributed by atoms with Crippen LogP contribution < -0.4 is 20.1 Å². The fourth-order valence-electron chi connectivity index (χ4n) is 3.58.